The lowest BCUT2D eigenvalue weighted by Crippen LogP contribution is -2.65. The van der Waals surface area contributed by atoms with Crippen molar-refractivity contribution < 1.29 is 43.2 Å². The third kappa shape index (κ3) is 3.14. The molecule has 1 N–H and O–H groups in total. The molecule has 0 saturated carbocycles. The summed E-state index contributed by atoms with van der Waals surface area (Å²) in [6, 6.07) is 0. The minimum atomic E-state index is -1.80. The fourth-order valence-corrected chi connectivity index (χ4v) is 3.82. The first-order valence-electron chi connectivity index (χ1n) is 8.97. The van der Waals surface area contributed by atoms with Gasteiger partial charge in [0.25, 0.3) is 0 Å². The lowest BCUT2D eigenvalue weighted by Gasteiger charge is -2.50. The number of ether oxygens (including phenoxy) is 4. The summed E-state index contributed by atoms with van der Waals surface area (Å²) >= 11 is 0. The number of aliphatic hydroxyl groups excluding tert-OH is 1. The van der Waals surface area contributed by atoms with Gasteiger partial charge >= 0.3 is 11.9 Å². The van der Waals surface area contributed by atoms with E-state index in [0.29, 0.717) is 12.8 Å². The number of ketones is 2. The zero-order valence-electron chi connectivity index (χ0n) is 16.1. The lowest BCUT2D eigenvalue weighted by molar-refractivity contribution is -0.349. The van der Waals surface area contributed by atoms with Gasteiger partial charge in [0.15, 0.2) is 12.2 Å². The van der Waals surface area contributed by atoms with Gasteiger partial charge in [0.2, 0.25) is 17.4 Å². The Bertz CT molecular complexity index is 821. The van der Waals surface area contributed by atoms with E-state index in [2.05, 4.69) is 0 Å². The number of aliphatic hydroxyl groups is 1. The monoisotopic (exact) mass is 394 g/mol. The molecule has 2 heterocycles. The molecule has 4 atom stereocenters. The van der Waals surface area contributed by atoms with Crippen LogP contribution in [0.5, 0.6) is 0 Å². The first-order chi connectivity index (χ1) is 13.1. The molecule has 2 aliphatic heterocycles. The van der Waals surface area contributed by atoms with Gasteiger partial charge in [-0.2, -0.15) is 0 Å². The first kappa shape index (κ1) is 20.2. The van der Waals surface area contributed by atoms with Gasteiger partial charge in [-0.1, -0.05) is 0 Å². The molecule has 0 amide bonds. The smallest absolute Gasteiger partial charge is 0.303 e. The van der Waals surface area contributed by atoms with Crippen LogP contribution in [0.3, 0.4) is 0 Å². The third-order valence-corrected chi connectivity index (χ3v) is 5.09. The van der Waals surface area contributed by atoms with E-state index >= 15 is 0 Å². The number of rotatable bonds is 2. The maximum atomic E-state index is 12.8. The Morgan fingerprint density at radius 3 is 2.36 bits per heavy atom. The molecule has 9 nitrogen and oxygen atoms in total. The van der Waals surface area contributed by atoms with E-state index in [4.69, 9.17) is 18.9 Å². The number of carbonyl (C=O) groups excluding carboxylic acids is 4. The second-order valence-corrected chi connectivity index (χ2v) is 7.13. The van der Waals surface area contributed by atoms with Crippen molar-refractivity contribution in [2.45, 2.75) is 64.6 Å². The first-order valence-corrected chi connectivity index (χ1v) is 8.97. The second kappa shape index (κ2) is 7.14. The van der Waals surface area contributed by atoms with E-state index in [-0.39, 0.29) is 35.2 Å². The van der Waals surface area contributed by atoms with Gasteiger partial charge in [-0.3, -0.25) is 19.2 Å². The molecule has 0 aromatic carbocycles. The molecule has 0 aromatic heterocycles. The molecule has 1 aliphatic carbocycles. The largest absolute Gasteiger partial charge is 0.507 e. The number of allylic oxidation sites excluding steroid dienone is 1. The predicted molar refractivity (Wildman–Crippen MR) is 91.9 cm³/mol. The summed E-state index contributed by atoms with van der Waals surface area (Å²) in [5, 5.41) is 10.4. The molecule has 0 radical (unpaired) electrons. The fourth-order valence-electron chi connectivity index (χ4n) is 3.82. The van der Waals surface area contributed by atoms with E-state index in [9.17, 15) is 24.3 Å². The highest BCUT2D eigenvalue weighted by molar-refractivity contribution is 6.50. The van der Waals surface area contributed by atoms with Crippen molar-refractivity contribution in [1.82, 2.24) is 0 Å². The molecule has 1 spiro atoms. The quantitative estimate of drug-likeness (QED) is 0.415. The molecular weight excluding hydrogens is 372 g/mol. The maximum absolute atomic E-state index is 12.8. The van der Waals surface area contributed by atoms with Crippen molar-refractivity contribution in [3.63, 3.8) is 0 Å². The summed E-state index contributed by atoms with van der Waals surface area (Å²) in [7, 11) is 0. The SMILES string of the molecule is CC(=O)OC1C2=C(CO[C@@]13O[C@@H](C)CC[C@@H]3OC(C)=O)C(O)=C(C)C(=O)C2=O. The Labute approximate surface area is 161 Å². The van der Waals surface area contributed by atoms with Crippen molar-refractivity contribution in [2.75, 3.05) is 6.61 Å². The topological polar surface area (TPSA) is 125 Å². The summed E-state index contributed by atoms with van der Waals surface area (Å²) in [6.07, 6.45) is -1.93. The average molecular weight is 394 g/mol. The van der Waals surface area contributed by atoms with Crippen LogP contribution < -0.4 is 0 Å². The van der Waals surface area contributed by atoms with Crippen molar-refractivity contribution in [3.8, 4) is 0 Å². The molecule has 1 unspecified atom stereocenters. The highest BCUT2D eigenvalue weighted by Gasteiger charge is 2.61. The summed E-state index contributed by atoms with van der Waals surface area (Å²) in [5.74, 6) is -5.36. The van der Waals surface area contributed by atoms with E-state index in [1.165, 1.54) is 13.8 Å². The maximum Gasteiger partial charge on any atom is 0.303 e. The summed E-state index contributed by atoms with van der Waals surface area (Å²) in [5.41, 5.74) is -0.262. The van der Waals surface area contributed by atoms with Crippen LogP contribution in [0.25, 0.3) is 0 Å². The van der Waals surface area contributed by atoms with Gasteiger partial charge in [0, 0.05) is 25.0 Å². The van der Waals surface area contributed by atoms with Gasteiger partial charge in [-0.15, -0.1) is 0 Å². The van der Waals surface area contributed by atoms with Crippen LogP contribution in [0.15, 0.2) is 22.5 Å². The number of hydrogen-bond donors (Lipinski definition) is 1. The number of esters is 2. The van der Waals surface area contributed by atoms with Crippen molar-refractivity contribution in [3.05, 3.63) is 22.5 Å². The number of Topliss-reactive ketones (excluding diaryl/α,β-unsaturated/α-hetero) is 2. The zero-order chi connectivity index (χ0) is 20.8. The van der Waals surface area contributed by atoms with Crippen LogP contribution in [0, 0.1) is 0 Å². The minimum Gasteiger partial charge on any atom is -0.507 e. The third-order valence-electron chi connectivity index (χ3n) is 5.09. The van der Waals surface area contributed by atoms with Crippen molar-refractivity contribution in [2.24, 2.45) is 0 Å². The molecular formula is C19H22O9. The zero-order valence-corrected chi connectivity index (χ0v) is 16.1. The number of carbonyl (C=O) groups is 4. The van der Waals surface area contributed by atoms with E-state index in [1.807, 2.05) is 0 Å². The predicted octanol–water partition coefficient (Wildman–Crippen LogP) is 1.06. The average Bonchev–Trinajstić information content (AvgIpc) is 2.61. The highest BCUT2D eigenvalue weighted by Crippen LogP contribution is 2.45. The molecule has 3 rings (SSSR count). The molecule has 0 bridgehead atoms. The normalized spacial score (nSPS) is 33.1. The summed E-state index contributed by atoms with van der Waals surface area (Å²) in [4.78, 5) is 48.5. The Balaban J connectivity index is 2.18. The Hall–Kier alpha value is -2.52. The van der Waals surface area contributed by atoms with E-state index in [0.717, 1.165) is 6.92 Å². The van der Waals surface area contributed by atoms with Gasteiger partial charge in [0.05, 0.1) is 18.3 Å². The van der Waals surface area contributed by atoms with Crippen LogP contribution in [0.1, 0.15) is 40.5 Å². The van der Waals surface area contributed by atoms with Gasteiger partial charge in [0.1, 0.15) is 5.76 Å². The van der Waals surface area contributed by atoms with Crippen LogP contribution in [0.4, 0.5) is 0 Å². The van der Waals surface area contributed by atoms with Crippen molar-refractivity contribution >= 4 is 23.5 Å². The molecule has 9 heteroatoms. The van der Waals surface area contributed by atoms with E-state index < -0.39 is 41.5 Å². The van der Waals surface area contributed by atoms with Crippen LogP contribution in [0.2, 0.25) is 0 Å². The Morgan fingerprint density at radius 2 is 1.75 bits per heavy atom. The molecule has 1 fully saturated rings. The molecule has 1 saturated heterocycles. The lowest BCUT2D eigenvalue weighted by atomic mass is 9.79. The van der Waals surface area contributed by atoms with E-state index in [1.54, 1.807) is 6.92 Å². The van der Waals surface area contributed by atoms with Crippen LogP contribution in [-0.2, 0) is 38.1 Å². The minimum absolute atomic E-state index is 0.0578. The second-order valence-electron chi connectivity index (χ2n) is 7.13. The summed E-state index contributed by atoms with van der Waals surface area (Å²) < 4.78 is 22.6. The standard InChI is InChI=1S/C19H22O9/c1-8-5-6-13(26-10(3)20)19(28-8)18(27-11(4)21)14-12(7-25-19)15(22)9(2)16(23)17(14)24/h8,13,18,22H,5-7H2,1-4H3/t8-,13-,18?,19-/m0/s1. The number of hydrogen-bond acceptors (Lipinski definition) is 9. The van der Waals surface area contributed by atoms with Crippen LogP contribution >= 0.6 is 0 Å². The van der Waals surface area contributed by atoms with Gasteiger partial charge < -0.3 is 24.1 Å². The molecule has 0 aromatic rings. The van der Waals surface area contributed by atoms with Crippen molar-refractivity contribution in [1.29, 1.82) is 0 Å². The van der Waals surface area contributed by atoms with Crippen LogP contribution in [-0.4, -0.2) is 59.3 Å². The Kier molecular flexibility index (Phi) is 5.16. The van der Waals surface area contributed by atoms with Gasteiger partial charge in [-0.05, 0) is 26.7 Å². The molecule has 3 aliphatic rings. The fraction of sp³-hybridized carbons (Fsp3) is 0.579. The highest BCUT2D eigenvalue weighted by atomic mass is 16.7. The van der Waals surface area contributed by atoms with Gasteiger partial charge in [-0.25, -0.2) is 0 Å². The summed E-state index contributed by atoms with van der Waals surface area (Å²) in [6.45, 7) is 5.16. The molecule has 28 heavy (non-hydrogen) atoms. The Morgan fingerprint density at radius 1 is 1.11 bits per heavy atom. The molecule has 152 valence electrons.